The van der Waals surface area contributed by atoms with Gasteiger partial charge < -0.3 is 5.73 Å². The van der Waals surface area contributed by atoms with Crippen molar-refractivity contribution in [1.82, 2.24) is 4.90 Å². The average molecular weight is 283 g/mol. The number of hydrogen-bond acceptors (Lipinski definition) is 2. The lowest BCUT2D eigenvalue weighted by molar-refractivity contribution is 0.248. The molecular formula is C13H19BrN2. The van der Waals surface area contributed by atoms with Gasteiger partial charge in [-0.15, -0.1) is 0 Å². The van der Waals surface area contributed by atoms with Gasteiger partial charge in [-0.2, -0.15) is 0 Å². The molecule has 1 aromatic carbocycles. The van der Waals surface area contributed by atoms with E-state index in [0.717, 1.165) is 24.0 Å². The zero-order valence-electron chi connectivity index (χ0n) is 9.70. The summed E-state index contributed by atoms with van der Waals surface area (Å²) in [7, 11) is 0. The van der Waals surface area contributed by atoms with E-state index in [4.69, 9.17) is 5.73 Å². The van der Waals surface area contributed by atoms with Crippen LogP contribution in [0.2, 0.25) is 0 Å². The molecule has 1 heterocycles. The summed E-state index contributed by atoms with van der Waals surface area (Å²) in [4.78, 5) is 2.51. The third-order valence-electron chi connectivity index (χ3n) is 3.27. The van der Waals surface area contributed by atoms with Crippen LogP contribution in [0, 0.1) is 0 Å². The van der Waals surface area contributed by atoms with Gasteiger partial charge in [0.1, 0.15) is 0 Å². The minimum atomic E-state index is 0.285. The molecule has 0 amide bonds. The fourth-order valence-electron chi connectivity index (χ4n) is 2.54. The molecule has 88 valence electrons. The van der Waals surface area contributed by atoms with E-state index < -0.39 is 0 Å². The third-order valence-corrected chi connectivity index (χ3v) is 3.80. The van der Waals surface area contributed by atoms with Crippen LogP contribution in [0.5, 0.6) is 0 Å². The Balaban J connectivity index is 2.19. The maximum Gasteiger partial charge on any atom is 0.0499 e. The fourth-order valence-corrected chi connectivity index (χ4v) is 2.80. The van der Waals surface area contributed by atoms with E-state index in [1.165, 1.54) is 12.0 Å². The summed E-state index contributed by atoms with van der Waals surface area (Å²) in [6.45, 7) is 4.51. The zero-order valence-corrected chi connectivity index (χ0v) is 11.3. The van der Waals surface area contributed by atoms with Crippen LogP contribution in [-0.2, 0) is 0 Å². The molecule has 2 N–H and O–H groups in total. The number of benzene rings is 1. The Morgan fingerprint density at radius 1 is 1.38 bits per heavy atom. The minimum Gasteiger partial charge on any atom is -0.326 e. The van der Waals surface area contributed by atoms with Crippen molar-refractivity contribution in [3.63, 3.8) is 0 Å². The van der Waals surface area contributed by atoms with Gasteiger partial charge in [-0.3, -0.25) is 4.90 Å². The van der Waals surface area contributed by atoms with Crippen molar-refractivity contribution < 1.29 is 0 Å². The molecule has 0 saturated carbocycles. The van der Waals surface area contributed by atoms with E-state index in [9.17, 15) is 0 Å². The van der Waals surface area contributed by atoms with Crippen molar-refractivity contribution in [1.29, 1.82) is 0 Å². The van der Waals surface area contributed by atoms with Crippen LogP contribution >= 0.6 is 15.9 Å². The molecule has 2 atom stereocenters. The Kier molecular flexibility index (Phi) is 4.00. The van der Waals surface area contributed by atoms with Gasteiger partial charge in [-0.05, 0) is 37.1 Å². The zero-order chi connectivity index (χ0) is 11.5. The Labute approximate surface area is 106 Å². The third kappa shape index (κ3) is 2.47. The highest BCUT2D eigenvalue weighted by Crippen LogP contribution is 2.31. The van der Waals surface area contributed by atoms with E-state index in [-0.39, 0.29) is 6.04 Å². The molecule has 0 radical (unpaired) electrons. The Morgan fingerprint density at radius 2 is 2.06 bits per heavy atom. The van der Waals surface area contributed by atoms with Crippen LogP contribution < -0.4 is 5.73 Å². The molecule has 0 unspecified atom stereocenters. The quantitative estimate of drug-likeness (QED) is 0.924. The number of nitrogens with zero attached hydrogens (tertiary/aromatic N) is 1. The predicted molar refractivity (Wildman–Crippen MR) is 71.3 cm³/mol. The summed E-state index contributed by atoms with van der Waals surface area (Å²) in [5.41, 5.74) is 7.57. The van der Waals surface area contributed by atoms with Crippen molar-refractivity contribution in [2.45, 2.75) is 31.8 Å². The van der Waals surface area contributed by atoms with Crippen LogP contribution in [0.3, 0.4) is 0 Å². The molecule has 1 saturated heterocycles. The predicted octanol–water partition coefficient (Wildman–Crippen LogP) is 2.93. The lowest BCUT2D eigenvalue weighted by atomic mass is 10.0. The summed E-state index contributed by atoms with van der Waals surface area (Å²) in [6.07, 6.45) is 2.31. The molecular weight excluding hydrogens is 264 g/mol. The SMILES string of the molecule is CCCN1CC[C@H](N)[C@H]1c1ccc(Br)cc1. The van der Waals surface area contributed by atoms with Gasteiger partial charge in [-0.25, -0.2) is 0 Å². The van der Waals surface area contributed by atoms with Crippen LogP contribution in [0.25, 0.3) is 0 Å². The maximum absolute atomic E-state index is 6.22. The second-order valence-corrected chi connectivity index (χ2v) is 5.40. The molecule has 1 aliphatic rings. The van der Waals surface area contributed by atoms with Gasteiger partial charge in [0.2, 0.25) is 0 Å². The van der Waals surface area contributed by atoms with Gasteiger partial charge in [0.05, 0.1) is 0 Å². The van der Waals surface area contributed by atoms with E-state index in [2.05, 4.69) is 52.0 Å². The Bertz CT molecular complexity index is 334. The maximum atomic E-state index is 6.22. The first-order chi connectivity index (χ1) is 7.72. The second-order valence-electron chi connectivity index (χ2n) is 4.48. The molecule has 0 spiro atoms. The number of nitrogens with two attached hydrogens (primary N) is 1. The average Bonchev–Trinajstić information content (AvgIpc) is 2.62. The molecule has 1 fully saturated rings. The van der Waals surface area contributed by atoms with Gasteiger partial charge >= 0.3 is 0 Å². The van der Waals surface area contributed by atoms with Gasteiger partial charge in [0, 0.05) is 23.1 Å². The van der Waals surface area contributed by atoms with Gasteiger partial charge in [-0.1, -0.05) is 35.0 Å². The van der Waals surface area contributed by atoms with E-state index in [1.54, 1.807) is 0 Å². The monoisotopic (exact) mass is 282 g/mol. The smallest absolute Gasteiger partial charge is 0.0499 e. The molecule has 16 heavy (non-hydrogen) atoms. The summed E-state index contributed by atoms with van der Waals surface area (Å²) in [5.74, 6) is 0. The molecule has 1 aromatic rings. The van der Waals surface area contributed by atoms with Crippen LogP contribution in [0.1, 0.15) is 31.4 Å². The molecule has 0 aliphatic carbocycles. The van der Waals surface area contributed by atoms with Crippen molar-refractivity contribution in [3.8, 4) is 0 Å². The van der Waals surface area contributed by atoms with Gasteiger partial charge in [0.25, 0.3) is 0 Å². The minimum absolute atomic E-state index is 0.285. The van der Waals surface area contributed by atoms with Crippen molar-refractivity contribution in [2.24, 2.45) is 5.73 Å². The summed E-state index contributed by atoms with van der Waals surface area (Å²) >= 11 is 3.47. The Hall–Kier alpha value is -0.380. The molecule has 0 bridgehead atoms. The van der Waals surface area contributed by atoms with Crippen LogP contribution in [-0.4, -0.2) is 24.0 Å². The van der Waals surface area contributed by atoms with E-state index in [1.807, 2.05) is 0 Å². The van der Waals surface area contributed by atoms with Crippen molar-refractivity contribution >= 4 is 15.9 Å². The number of likely N-dealkylation sites (tertiary alicyclic amines) is 1. The number of rotatable bonds is 3. The fraction of sp³-hybridized carbons (Fsp3) is 0.538. The molecule has 2 rings (SSSR count). The topological polar surface area (TPSA) is 29.3 Å². The lowest BCUT2D eigenvalue weighted by Crippen LogP contribution is -2.32. The lowest BCUT2D eigenvalue weighted by Gasteiger charge is -2.26. The molecule has 0 aromatic heterocycles. The molecule has 2 nitrogen and oxygen atoms in total. The summed E-state index contributed by atoms with van der Waals surface area (Å²) in [6, 6.07) is 9.26. The Morgan fingerprint density at radius 3 is 2.69 bits per heavy atom. The largest absolute Gasteiger partial charge is 0.326 e. The normalized spacial score (nSPS) is 26.2. The first kappa shape index (κ1) is 12.1. The standard InChI is InChI=1S/C13H19BrN2/c1-2-8-16-9-7-12(15)13(16)10-3-5-11(14)6-4-10/h3-6,12-13H,2,7-9,15H2,1H3/t12-,13+/m0/s1. The number of halogens is 1. The summed E-state index contributed by atoms with van der Waals surface area (Å²) < 4.78 is 1.13. The van der Waals surface area contributed by atoms with E-state index in [0.29, 0.717) is 6.04 Å². The first-order valence-corrected chi connectivity index (χ1v) is 6.76. The summed E-state index contributed by atoms with van der Waals surface area (Å²) in [5, 5.41) is 0. The first-order valence-electron chi connectivity index (χ1n) is 5.97. The highest BCUT2D eigenvalue weighted by Gasteiger charge is 2.31. The molecule has 3 heteroatoms. The van der Waals surface area contributed by atoms with Crippen LogP contribution in [0.4, 0.5) is 0 Å². The molecule has 1 aliphatic heterocycles. The van der Waals surface area contributed by atoms with Crippen molar-refractivity contribution in [2.75, 3.05) is 13.1 Å². The second kappa shape index (κ2) is 5.30. The van der Waals surface area contributed by atoms with Gasteiger partial charge in [0.15, 0.2) is 0 Å². The highest BCUT2D eigenvalue weighted by atomic mass is 79.9. The highest BCUT2D eigenvalue weighted by molar-refractivity contribution is 9.10. The van der Waals surface area contributed by atoms with Crippen molar-refractivity contribution in [3.05, 3.63) is 34.3 Å². The van der Waals surface area contributed by atoms with E-state index >= 15 is 0 Å². The number of hydrogen-bond donors (Lipinski definition) is 1. The van der Waals surface area contributed by atoms with Crippen LogP contribution in [0.15, 0.2) is 28.7 Å².